The highest BCUT2D eigenvalue weighted by Crippen LogP contribution is 2.49. The molecule has 1 spiro atoms. The summed E-state index contributed by atoms with van der Waals surface area (Å²) >= 11 is 0. The zero-order valence-corrected chi connectivity index (χ0v) is 18.7. The van der Waals surface area contributed by atoms with Gasteiger partial charge in [0.05, 0.1) is 11.9 Å². The molecule has 3 heterocycles. The molecule has 1 aromatic carbocycles. The highest BCUT2D eigenvalue weighted by molar-refractivity contribution is 5.80. The van der Waals surface area contributed by atoms with Gasteiger partial charge in [0.15, 0.2) is 0 Å². The number of pyridine rings is 1. The molecule has 0 radical (unpaired) electrons. The van der Waals surface area contributed by atoms with Gasteiger partial charge in [0.25, 0.3) is 0 Å². The second kappa shape index (κ2) is 8.76. The van der Waals surface area contributed by atoms with Crippen molar-refractivity contribution < 1.29 is 9.15 Å². The number of aromatic nitrogens is 1. The molecule has 1 atom stereocenters. The van der Waals surface area contributed by atoms with E-state index in [4.69, 9.17) is 14.1 Å². The fourth-order valence-electron chi connectivity index (χ4n) is 5.91. The topological polar surface area (TPSA) is 38.5 Å². The number of fused-ring (bicyclic) bond motifs is 1. The Labute approximate surface area is 185 Å². The zero-order valence-electron chi connectivity index (χ0n) is 18.7. The van der Waals surface area contributed by atoms with Gasteiger partial charge in [-0.2, -0.15) is 0 Å². The van der Waals surface area contributed by atoms with Crippen LogP contribution in [0.3, 0.4) is 0 Å². The minimum atomic E-state index is 0.0770. The number of rotatable bonds is 7. The van der Waals surface area contributed by atoms with E-state index in [1.165, 1.54) is 42.3 Å². The van der Waals surface area contributed by atoms with Crippen LogP contribution in [0.1, 0.15) is 63.1 Å². The summed E-state index contributed by atoms with van der Waals surface area (Å²) < 4.78 is 12.2. The highest BCUT2D eigenvalue weighted by atomic mass is 16.5. The number of hydrogen-bond acceptors (Lipinski definition) is 4. The van der Waals surface area contributed by atoms with Crippen molar-refractivity contribution in [3.8, 4) is 0 Å². The van der Waals surface area contributed by atoms with Crippen molar-refractivity contribution in [2.45, 2.75) is 69.4 Å². The SMILES string of the molecule is CCN(CC[C@@]1(c2ccccn2)CCOC2(CCCC2)C1)Cc1coc2ccccc12. The smallest absolute Gasteiger partial charge is 0.134 e. The molecule has 4 heteroatoms. The molecule has 1 aliphatic carbocycles. The normalized spacial score (nSPS) is 23.2. The van der Waals surface area contributed by atoms with Gasteiger partial charge in [-0.25, -0.2) is 0 Å². The predicted molar refractivity (Wildman–Crippen MR) is 124 cm³/mol. The van der Waals surface area contributed by atoms with Crippen LogP contribution in [-0.2, 0) is 16.7 Å². The van der Waals surface area contributed by atoms with Gasteiger partial charge in [-0.1, -0.05) is 44.0 Å². The first-order valence-electron chi connectivity index (χ1n) is 11.9. The first-order chi connectivity index (χ1) is 15.2. The van der Waals surface area contributed by atoms with Crippen LogP contribution < -0.4 is 0 Å². The summed E-state index contributed by atoms with van der Waals surface area (Å²) in [6.07, 6.45) is 12.2. The van der Waals surface area contributed by atoms with Gasteiger partial charge in [-0.15, -0.1) is 0 Å². The van der Waals surface area contributed by atoms with Gasteiger partial charge in [-0.05, 0) is 63.4 Å². The molecule has 1 saturated carbocycles. The maximum Gasteiger partial charge on any atom is 0.134 e. The molecule has 164 valence electrons. The molecule has 1 aliphatic heterocycles. The number of benzene rings is 1. The predicted octanol–water partition coefficient (Wildman–Crippen LogP) is 6.10. The van der Waals surface area contributed by atoms with Crippen LogP contribution in [0.25, 0.3) is 11.0 Å². The summed E-state index contributed by atoms with van der Waals surface area (Å²) in [6.45, 7) is 6.13. The lowest BCUT2D eigenvalue weighted by atomic mass is 9.68. The van der Waals surface area contributed by atoms with Crippen molar-refractivity contribution >= 4 is 11.0 Å². The fourth-order valence-corrected chi connectivity index (χ4v) is 5.91. The molecule has 5 rings (SSSR count). The third-order valence-corrected chi connectivity index (χ3v) is 7.68. The Morgan fingerprint density at radius 3 is 2.68 bits per heavy atom. The van der Waals surface area contributed by atoms with Crippen LogP contribution in [0.15, 0.2) is 59.3 Å². The Hall–Kier alpha value is -2.17. The monoisotopic (exact) mass is 418 g/mol. The summed E-state index contributed by atoms with van der Waals surface area (Å²) in [5.41, 5.74) is 3.70. The van der Waals surface area contributed by atoms with Crippen LogP contribution in [0.2, 0.25) is 0 Å². The van der Waals surface area contributed by atoms with Crippen molar-refractivity contribution in [1.82, 2.24) is 9.88 Å². The lowest BCUT2D eigenvalue weighted by Gasteiger charge is -2.47. The van der Waals surface area contributed by atoms with Crippen molar-refractivity contribution in [3.05, 3.63) is 66.2 Å². The van der Waals surface area contributed by atoms with E-state index in [0.717, 1.165) is 51.1 Å². The van der Waals surface area contributed by atoms with Gasteiger partial charge in [-0.3, -0.25) is 9.88 Å². The Bertz CT molecular complexity index is 993. The van der Waals surface area contributed by atoms with E-state index in [-0.39, 0.29) is 11.0 Å². The molecule has 0 N–H and O–H groups in total. The highest BCUT2D eigenvalue weighted by Gasteiger charge is 2.48. The Balaban J connectivity index is 1.36. The van der Waals surface area contributed by atoms with Crippen LogP contribution >= 0.6 is 0 Å². The largest absolute Gasteiger partial charge is 0.464 e. The van der Waals surface area contributed by atoms with Gasteiger partial charge in [0.2, 0.25) is 0 Å². The van der Waals surface area contributed by atoms with Crippen molar-refractivity contribution in [1.29, 1.82) is 0 Å². The first-order valence-corrected chi connectivity index (χ1v) is 11.9. The first kappa shape index (κ1) is 20.7. The van der Waals surface area contributed by atoms with E-state index in [9.17, 15) is 0 Å². The van der Waals surface area contributed by atoms with Gasteiger partial charge in [0.1, 0.15) is 5.58 Å². The van der Waals surface area contributed by atoms with Crippen molar-refractivity contribution in [2.75, 3.05) is 19.7 Å². The average Bonchev–Trinajstić information content (AvgIpc) is 3.44. The van der Waals surface area contributed by atoms with Gasteiger partial charge >= 0.3 is 0 Å². The number of hydrogen-bond donors (Lipinski definition) is 0. The van der Waals surface area contributed by atoms with Crippen molar-refractivity contribution in [3.63, 3.8) is 0 Å². The lowest BCUT2D eigenvalue weighted by molar-refractivity contribution is -0.105. The number of furan rings is 1. The van der Waals surface area contributed by atoms with Crippen LogP contribution in [-0.4, -0.2) is 35.2 Å². The molecule has 3 aromatic rings. The standard InChI is InChI=1S/C27H34N2O2/c1-2-29(19-22-20-30-24-10-4-3-9-23(22)24)17-14-26(25-11-5-8-16-28-25)15-18-31-27(21-26)12-6-7-13-27/h3-5,8-11,16,20H,2,6-7,12-15,17-19,21H2,1H3/t26-/m1/s1. The zero-order chi connectivity index (χ0) is 21.2. The molecule has 1 saturated heterocycles. The Morgan fingerprint density at radius 1 is 1.03 bits per heavy atom. The van der Waals surface area contributed by atoms with Crippen LogP contribution in [0.4, 0.5) is 0 Å². The minimum absolute atomic E-state index is 0.0770. The summed E-state index contributed by atoms with van der Waals surface area (Å²) in [7, 11) is 0. The minimum Gasteiger partial charge on any atom is -0.464 e. The number of para-hydroxylation sites is 1. The summed E-state index contributed by atoms with van der Waals surface area (Å²) in [5, 5.41) is 1.23. The van der Waals surface area contributed by atoms with E-state index in [1.54, 1.807) is 0 Å². The maximum atomic E-state index is 6.42. The summed E-state index contributed by atoms with van der Waals surface area (Å²) in [6, 6.07) is 14.8. The molecular formula is C27H34N2O2. The number of nitrogens with zero attached hydrogens (tertiary/aromatic N) is 2. The second-order valence-corrected chi connectivity index (χ2v) is 9.54. The third kappa shape index (κ3) is 4.16. The average molecular weight is 419 g/mol. The molecule has 0 bridgehead atoms. The van der Waals surface area contributed by atoms with E-state index < -0.39 is 0 Å². The molecule has 0 amide bonds. The Kier molecular flexibility index (Phi) is 5.85. The van der Waals surface area contributed by atoms with Gasteiger partial charge in [0, 0.05) is 41.4 Å². The molecule has 0 unspecified atom stereocenters. The maximum absolute atomic E-state index is 6.42. The van der Waals surface area contributed by atoms with E-state index in [2.05, 4.69) is 36.1 Å². The van der Waals surface area contributed by atoms with Crippen LogP contribution in [0.5, 0.6) is 0 Å². The fraction of sp³-hybridized carbons (Fsp3) is 0.519. The molecule has 31 heavy (non-hydrogen) atoms. The molecular weight excluding hydrogens is 384 g/mol. The molecule has 2 aromatic heterocycles. The quantitative estimate of drug-likeness (QED) is 0.465. The summed E-state index contributed by atoms with van der Waals surface area (Å²) in [4.78, 5) is 7.41. The van der Waals surface area contributed by atoms with E-state index >= 15 is 0 Å². The summed E-state index contributed by atoms with van der Waals surface area (Å²) in [5.74, 6) is 0. The van der Waals surface area contributed by atoms with E-state index in [0.29, 0.717) is 0 Å². The molecule has 2 aliphatic rings. The number of ether oxygens (including phenoxy) is 1. The lowest BCUT2D eigenvalue weighted by Crippen LogP contribution is -2.47. The van der Waals surface area contributed by atoms with Crippen molar-refractivity contribution in [2.24, 2.45) is 0 Å². The molecule has 2 fully saturated rings. The molecule has 4 nitrogen and oxygen atoms in total. The van der Waals surface area contributed by atoms with Gasteiger partial charge < -0.3 is 9.15 Å². The third-order valence-electron chi connectivity index (χ3n) is 7.68. The second-order valence-electron chi connectivity index (χ2n) is 9.54. The van der Waals surface area contributed by atoms with Crippen LogP contribution in [0, 0.1) is 0 Å². The Morgan fingerprint density at radius 2 is 1.87 bits per heavy atom. The van der Waals surface area contributed by atoms with E-state index in [1.807, 2.05) is 30.7 Å².